The van der Waals surface area contributed by atoms with E-state index in [4.69, 9.17) is 4.42 Å². The van der Waals surface area contributed by atoms with Gasteiger partial charge in [-0.05, 0) is 63.9 Å². The van der Waals surface area contributed by atoms with Crippen molar-refractivity contribution in [2.24, 2.45) is 0 Å². The minimum atomic E-state index is -3.95. The molecule has 0 bridgehead atoms. The van der Waals surface area contributed by atoms with Crippen LogP contribution in [0.5, 0.6) is 0 Å². The average molecular weight is 476 g/mol. The maximum absolute atomic E-state index is 14.5. The van der Waals surface area contributed by atoms with E-state index in [1.165, 1.54) is 24.3 Å². The summed E-state index contributed by atoms with van der Waals surface area (Å²) in [4.78, 5) is 12.6. The molecule has 11 heteroatoms. The first kappa shape index (κ1) is 23.1. The molecule has 0 radical (unpaired) electrons. The Bertz CT molecular complexity index is 1290. The number of aryl methyl sites for hydroxylation is 1. The molecule has 0 saturated carbocycles. The monoisotopic (exact) mass is 475 g/mol. The van der Waals surface area contributed by atoms with Crippen molar-refractivity contribution < 1.29 is 22.0 Å². The molecule has 0 atom stereocenters. The average Bonchev–Trinajstić information content (AvgIpc) is 3.31. The summed E-state index contributed by atoms with van der Waals surface area (Å²) in [5.74, 6) is -0.169. The van der Waals surface area contributed by atoms with E-state index in [1.54, 1.807) is 26.8 Å². The normalized spacial score (nSPS) is 14.5. The van der Waals surface area contributed by atoms with Gasteiger partial charge in [-0.15, -0.1) is 10.2 Å². The summed E-state index contributed by atoms with van der Waals surface area (Å²) in [5, 5.41) is 10.6. The lowest BCUT2D eigenvalue weighted by Gasteiger charge is -2.18. The van der Waals surface area contributed by atoms with Crippen LogP contribution in [0.15, 0.2) is 39.8 Å². The van der Waals surface area contributed by atoms with Crippen LogP contribution in [0.2, 0.25) is 0 Å². The highest BCUT2D eigenvalue weighted by Gasteiger charge is 2.26. The van der Waals surface area contributed by atoms with Gasteiger partial charge in [0.15, 0.2) is 11.6 Å². The zero-order valence-corrected chi connectivity index (χ0v) is 19.5. The summed E-state index contributed by atoms with van der Waals surface area (Å²) >= 11 is 0. The number of halogens is 1. The fraction of sp³-hybridized carbons (Fsp3) is 0.409. The van der Waals surface area contributed by atoms with Crippen molar-refractivity contribution in [1.29, 1.82) is 0 Å². The van der Waals surface area contributed by atoms with Crippen molar-refractivity contribution in [3.05, 3.63) is 47.7 Å². The van der Waals surface area contributed by atoms with Crippen LogP contribution in [0.4, 0.5) is 10.1 Å². The van der Waals surface area contributed by atoms with Gasteiger partial charge in [0.25, 0.3) is 15.9 Å². The predicted molar refractivity (Wildman–Crippen MR) is 120 cm³/mol. The number of hydrogen-bond donors (Lipinski definition) is 2. The van der Waals surface area contributed by atoms with Crippen molar-refractivity contribution >= 4 is 21.6 Å². The van der Waals surface area contributed by atoms with Crippen LogP contribution in [0.3, 0.4) is 0 Å². The summed E-state index contributed by atoms with van der Waals surface area (Å²) in [6.07, 6.45) is 4.01. The van der Waals surface area contributed by atoms with Gasteiger partial charge < -0.3 is 14.3 Å². The fourth-order valence-corrected chi connectivity index (χ4v) is 5.04. The molecule has 0 saturated heterocycles. The first-order valence-corrected chi connectivity index (χ1v) is 12.2. The number of fused-ring (bicyclic) bond motifs is 1. The second-order valence-electron chi connectivity index (χ2n) is 9.03. The highest BCUT2D eigenvalue weighted by Crippen LogP contribution is 2.27. The van der Waals surface area contributed by atoms with Crippen molar-refractivity contribution in [2.75, 3.05) is 5.32 Å². The van der Waals surface area contributed by atoms with E-state index in [9.17, 15) is 17.6 Å². The third-order valence-electron chi connectivity index (χ3n) is 5.09. The first-order chi connectivity index (χ1) is 15.5. The maximum atomic E-state index is 14.5. The molecule has 1 amide bonds. The Morgan fingerprint density at radius 2 is 1.91 bits per heavy atom. The number of hydrogen-bond acceptors (Lipinski definition) is 6. The second kappa shape index (κ2) is 8.71. The van der Waals surface area contributed by atoms with Gasteiger partial charge in [0, 0.05) is 24.1 Å². The van der Waals surface area contributed by atoms with Gasteiger partial charge in [-0.3, -0.25) is 4.79 Å². The molecule has 3 heterocycles. The number of aromatic nitrogens is 3. The predicted octanol–water partition coefficient (Wildman–Crippen LogP) is 3.73. The number of nitrogens with one attached hydrogen (secondary N) is 2. The quantitative estimate of drug-likeness (QED) is 0.580. The summed E-state index contributed by atoms with van der Waals surface area (Å²) in [7, 11) is -3.95. The number of benzene rings is 1. The Morgan fingerprint density at radius 3 is 2.67 bits per heavy atom. The maximum Gasteiger partial charge on any atom is 0.291 e. The smallest absolute Gasteiger partial charge is 0.291 e. The number of amides is 1. The van der Waals surface area contributed by atoms with E-state index in [2.05, 4.69) is 20.2 Å². The Balaban J connectivity index is 1.57. The van der Waals surface area contributed by atoms with Crippen molar-refractivity contribution in [1.82, 2.24) is 19.5 Å². The number of carbonyl (C=O) groups excluding carboxylic acids is 1. The Kier molecular flexibility index (Phi) is 6.10. The molecule has 176 valence electrons. The fourth-order valence-electron chi connectivity index (χ4n) is 3.68. The van der Waals surface area contributed by atoms with E-state index >= 15 is 0 Å². The van der Waals surface area contributed by atoms with Crippen LogP contribution in [0, 0.1) is 5.82 Å². The molecule has 0 unspecified atom stereocenters. The minimum Gasteiger partial charge on any atom is -0.438 e. The molecular weight excluding hydrogens is 449 g/mol. The SMILES string of the molecule is CC(C)(C)NS(=O)(=O)c1ccc(C(=O)Nc2cc(-c3nnc4n3CCCCC4)ccc2F)o1. The molecule has 0 spiro atoms. The highest BCUT2D eigenvalue weighted by atomic mass is 32.2. The van der Waals surface area contributed by atoms with Crippen LogP contribution in [0.1, 0.15) is 56.4 Å². The van der Waals surface area contributed by atoms with Gasteiger partial charge in [-0.1, -0.05) is 6.42 Å². The molecule has 1 aromatic carbocycles. The van der Waals surface area contributed by atoms with E-state index in [0.717, 1.165) is 38.1 Å². The molecule has 33 heavy (non-hydrogen) atoms. The van der Waals surface area contributed by atoms with Crippen molar-refractivity contribution in [3.8, 4) is 11.4 Å². The molecule has 4 rings (SSSR count). The van der Waals surface area contributed by atoms with Gasteiger partial charge >= 0.3 is 0 Å². The molecule has 0 fully saturated rings. The van der Waals surface area contributed by atoms with Crippen LogP contribution >= 0.6 is 0 Å². The molecule has 0 aliphatic carbocycles. The Hall–Kier alpha value is -3.05. The summed E-state index contributed by atoms with van der Waals surface area (Å²) in [6.45, 7) is 5.84. The standard InChI is InChI=1S/C22H26FN5O4S/c1-22(2,3)27-33(30,31)19-11-10-17(32-19)21(29)24-16-13-14(8-9-15(16)23)20-26-25-18-7-5-4-6-12-28(18)20/h8-11,13,27H,4-7,12H2,1-3H3,(H,24,29). The van der Waals surface area contributed by atoms with E-state index in [1.807, 2.05) is 4.57 Å². The van der Waals surface area contributed by atoms with Crippen LogP contribution in [-0.4, -0.2) is 34.6 Å². The van der Waals surface area contributed by atoms with Gasteiger partial charge in [0.2, 0.25) is 5.09 Å². The van der Waals surface area contributed by atoms with Gasteiger partial charge in [0.1, 0.15) is 11.6 Å². The molecule has 3 aromatic rings. The Morgan fingerprint density at radius 1 is 1.12 bits per heavy atom. The number of carbonyl (C=O) groups is 1. The van der Waals surface area contributed by atoms with Crippen molar-refractivity contribution in [2.45, 2.75) is 63.6 Å². The summed E-state index contributed by atoms with van der Waals surface area (Å²) in [6, 6.07) is 6.72. The lowest BCUT2D eigenvalue weighted by atomic mass is 10.1. The number of nitrogens with zero attached hydrogens (tertiary/aromatic N) is 3. The molecule has 2 N–H and O–H groups in total. The van der Waals surface area contributed by atoms with Crippen LogP contribution < -0.4 is 10.0 Å². The molecule has 9 nitrogen and oxygen atoms in total. The number of furan rings is 1. The summed E-state index contributed by atoms with van der Waals surface area (Å²) < 4.78 is 49.0. The van der Waals surface area contributed by atoms with Crippen LogP contribution in [-0.2, 0) is 23.0 Å². The molecular formula is C22H26FN5O4S. The first-order valence-electron chi connectivity index (χ1n) is 10.7. The lowest BCUT2D eigenvalue weighted by Crippen LogP contribution is -2.40. The van der Waals surface area contributed by atoms with Gasteiger partial charge in [-0.2, -0.15) is 0 Å². The van der Waals surface area contributed by atoms with Crippen molar-refractivity contribution in [3.63, 3.8) is 0 Å². The summed E-state index contributed by atoms with van der Waals surface area (Å²) in [5.41, 5.74) is -0.182. The third kappa shape index (κ3) is 5.14. The van der Waals surface area contributed by atoms with Gasteiger partial charge in [0.05, 0.1) is 5.69 Å². The Labute approximate surface area is 191 Å². The number of rotatable bonds is 5. The van der Waals surface area contributed by atoms with Gasteiger partial charge in [-0.25, -0.2) is 17.5 Å². The molecule has 2 aromatic heterocycles. The van der Waals surface area contributed by atoms with E-state index in [0.29, 0.717) is 11.4 Å². The van der Waals surface area contributed by atoms with E-state index < -0.39 is 32.4 Å². The molecule has 1 aliphatic heterocycles. The van der Waals surface area contributed by atoms with Crippen LogP contribution in [0.25, 0.3) is 11.4 Å². The van der Waals surface area contributed by atoms with E-state index in [-0.39, 0.29) is 11.4 Å². The largest absolute Gasteiger partial charge is 0.438 e. The molecule has 1 aliphatic rings. The minimum absolute atomic E-state index is 0.0721. The zero-order chi connectivity index (χ0) is 23.8. The topological polar surface area (TPSA) is 119 Å². The lowest BCUT2D eigenvalue weighted by molar-refractivity contribution is 0.0991. The highest BCUT2D eigenvalue weighted by molar-refractivity contribution is 7.89. The third-order valence-corrected chi connectivity index (χ3v) is 6.72. The number of anilines is 1. The zero-order valence-electron chi connectivity index (χ0n) is 18.7. The number of sulfonamides is 1. The second-order valence-corrected chi connectivity index (χ2v) is 10.6.